The number of hydrogen-bond donors (Lipinski definition) is 1. The van der Waals surface area contributed by atoms with Crippen LogP contribution >= 0.6 is 0 Å². The summed E-state index contributed by atoms with van der Waals surface area (Å²) in [6.07, 6.45) is 5.34. The summed E-state index contributed by atoms with van der Waals surface area (Å²) in [4.78, 5) is 6.92. The second-order valence-electron chi connectivity index (χ2n) is 6.72. The molecule has 1 N–H and O–H groups in total. The fourth-order valence-electron chi connectivity index (χ4n) is 3.57. The van der Waals surface area contributed by atoms with Gasteiger partial charge in [-0.25, -0.2) is 9.50 Å². The number of fused-ring (bicyclic) bond motifs is 1. The third-order valence-corrected chi connectivity index (χ3v) is 4.99. The summed E-state index contributed by atoms with van der Waals surface area (Å²) in [5, 5.41) is 16.3. The Labute approximate surface area is 155 Å². The highest BCUT2D eigenvalue weighted by Crippen LogP contribution is 2.30. The molecular formula is C18H20N8O. The molecule has 1 aliphatic rings. The number of aryl methyl sites for hydroxylation is 1. The molecule has 9 heteroatoms. The van der Waals surface area contributed by atoms with E-state index in [1.54, 1.807) is 12.4 Å². The fraction of sp³-hybridized carbons (Fsp3) is 0.333. The highest BCUT2D eigenvalue weighted by molar-refractivity contribution is 5.79. The van der Waals surface area contributed by atoms with Gasteiger partial charge in [0.2, 0.25) is 0 Å². The van der Waals surface area contributed by atoms with Crippen LogP contribution in [0.25, 0.3) is 28.3 Å². The fourth-order valence-corrected chi connectivity index (χ4v) is 3.57. The Balaban J connectivity index is 1.76. The van der Waals surface area contributed by atoms with Crippen molar-refractivity contribution in [3.8, 4) is 22.6 Å². The van der Waals surface area contributed by atoms with Gasteiger partial charge in [-0.1, -0.05) is 0 Å². The summed E-state index contributed by atoms with van der Waals surface area (Å²) >= 11 is 0. The second kappa shape index (κ2) is 6.20. The van der Waals surface area contributed by atoms with Crippen molar-refractivity contribution in [1.82, 2.24) is 34.6 Å². The first-order valence-electron chi connectivity index (χ1n) is 8.93. The SMILES string of the molecule is C[C@@H]1COCCN1c1cc(-c2ccnn2C)c2ncc(-c3ccn[nH]3)n2n1. The third-order valence-electron chi connectivity index (χ3n) is 4.99. The Bertz CT molecular complexity index is 1080. The third kappa shape index (κ3) is 2.58. The summed E-state index contributed by atoms with van der Waals surface area (Å²) in [6, 6.07) is 6.26. The zero-order valence-corrected chi connectivity index (χ0v) is 15.2. The van der Waals surface area contributed by atoms with Crippen molar-refractivity contribution in [2.24, 2.45) is 7.05 Å². The van der Waals surface area contributed by atoms with Crippen molar-refractivity contribution in [3.05, 3.63) is 36.8 Å². The average molecular weight is 364 g/mol. The number of morpholine rings is 1. The number of aromatic nitrogens is 7. The molecule has 1 aliphatic heterocycles. The lowest BCUT2D eigenvalue weighted by atomic mass is 10.2. The van der Waals surface area contributed by atoms with Gasteiger partial charge in [0.15, 0.2) is 11.5 Å². The smallest absolute Gasteiger partial charge is 0.163 e. The van der Waals surface area contributed by atoms with Crippen LogP contribution in [0.5, 0.6) is 0 Å². The van der Waals surface area contributed by atoms with E-state index >= 15 is 0 Å². The molecule has 9 nitrogen and oxygen atoms in total. The average Bonchev–Trinajstić information content (AvgIpc) is 3.41. The minimum atomic E-state index is 0.252. The minimum Gasteiger partial charge on any atom is -0.377 e. The molecule has 0 unspecified atom stereocenters. The number of nitrogens with zero attached hydrogens (tertiary/aromatic N) is 7. The minimum absolute atomic E-state index is 0.252. The maximum absolute atomic E-state index is 5.59. The second-order valence-corrected chi connectivity index (χ2v) is 6.72. The highest BCUT2D eigenvalue weighted by atomic mass is 16.5. The van der Waals surface area contributed by atoms with Gasteiger partial charge in [-0.05, 0) is 25.1 Å². The number of ether oxygens (including phenoxy) is 1. The number of rotatable bonds is 3. The van der Waals surface area contributed by atoms with Crippen LogP contribution in [-0.4, -0.2) is 60.4 Å². The van der Waals surface area contributed by atoms with E-state index in [1.165, 1.54) is 0 Å². The van der Waals surface area contributed by atoms with E-state index in [0.29, 0.717) is 13.2 Å². The van der Waals surface area contributed by atoms with Crippen molar-refractivity contribution in [2.45, 2.75) is 13.0 Å². The number of nitrogens with one attached hydrogen (secondary N) is 1. The van der Waals surface area contributed by atoms with Gasteiger partial charge in [-0.2, -0.15) is 10.2 Å². The number of imidazole rings is 1. The highest BCUT2D eigenvalue weighted by Gasteiger charge is 2.24. The largest absolute Gasteiger partial charge is 0.377 e. The van der Waals surface area contributed by atoms with E-state index in [0.717, 1.165) is 40.7 Å². The summed E-state index contributed by atoms with van der Waals surface area (Å²) in [7, 11) is 1.93. The van der Waals surface area contributed by atoms with Gasteiger partial charge in [0, 0.05) is 31.5 Å². The van der Waals surface area contributed by atoms with E-state index < -0.39 is 0 Å². The van der Waals surface area contributed by atoms with Gasteiger partial charge < -0.3 is 9.64 Å². The molecule has 0 spiro atoms. The predicted molar refractivity (Wildman–Crippen MR) is 100 cm³/mol. The first kappa shape index (κ1) is 16.0. The predicted octanol–water partition coefficient (Wildman–Crippen LogP) is 1.74. The Morgan fingerprint density at radius 2 is 2.15 bits per heavy atom. The molecule has 1 atom stereocenters. The van der Waals surface area contributed by atoms with Gasteiger partial charge in [0.05, 0.1) is 36.8 Å². The van der Waals surface area contributed by atoms with Crippen LogP contribution < -0.4 is 4.90 Å². The molecule has 1 fully saturated rings. The molecule has 0 bridgehead atoms. The Kier molecular flexibility index (Phi) is 3.68. The molecule has 5 heterocycles. The zero-order chi connectivity index (χ0) is 18.4. The lowest BCUT2D eigenvalue weighted by Gasteiger charge is -2.34. The lowest BCUT2D eigenvalue weighted by molar-refractivity contribution is 0.0984. The van der Waals surface area contributed by atoms with Crippen LogP contribution in [0.1, 0.15) is 6.92 Å². The molecule has 0 aliphatic carbocycles. The molecule has 27 heavy (non-hydrogen) atoms. The molecule has 0 aromatic carbocycles. The molecular weight excluding hydrogens is 344 g/mol. The zero-order valence-electron chi connectivity index (χ0n) is 15.2. The number of anilines is 1. The molecule has 1 saturated heterocycles. The quantitative estimate of drug-likeness (QED) is 0.596. The lowest BCUT2D eigenvalue weighted by Crippen LogP contribution is -2.44. The number of hydrogen-bond acceptors (Lipinski definition) is 6. The first-order valence-corrected chi connectivity index (χ1v) is 8.93. The van der Waals surface area contributed by atoms with Crippen molar-refractivity contribution in [2.75, 3.05) is 24.7 Å². The normalized spacial score (nSPS) is 17.7. The molecule has 4 aromatic heterocycles. The Hall–Kier alpha value is -3.20. The summed E-state index contributed by atoms with van der Waals surface area (Å²) in [5.74, 6) is 0.897. The van der Waals surface area contributed by atoms with Crippen molar-refractivity contribution >= 4 is 11.5 Å². The molecule has 0 saturated carbocycles. The van der Waals surface area contributed by atoms with Crippen molar-refractivity contribution in [1.29, 1.82) is 0 Å². The topological polar surface area (TPSA) is 89.2 Å². The van der Waals surface area contributed by atoms with Crippen LogP contribution in [0.2, 0.25) is 0 Å². The van der Waals surface area contributed by atoms with E-state index in [2.05, 4.69) is 38.2 Å². The molecule has 0 amide bonds. The van der Waals surface area contributed by atoms with Gasteiger partial charge in [-0.15, -0.1) is 5.10 Å². The van der Waals surface area contributed by atoms with Crippen LogP contribution in [0.15, 0.2) is 36.8 Å². The summed E-state index contributed by atoms with van der Waals surface area (Å²) in [5.41, 5.74) is 4.51. The maximum atomic E-state index is 5.59. The van der Waals surface area contributed by atoms with Gasteiger partial charge in [0.25, 0.3) is 0 Å². The molecule has 0 radical (unpaired) electrons. The molecule has 4 aromatic rings. The standard InChI is InChI=1S/C18H20N8O/c1-12-11-27-8-7-25(12)17-9-13(15-4-6-21-24(15)2)18-19-10-16(26(18)23-17)14-3-5-20-22-14/h3-6,9-10,12H,7-8,11H2,1-2H3,(H,20,22)/t12-/m1/s1. The van der Waals surface area contributed by atoms with Gasteiger partial charge in [0.1, 0.15) is 5.69 Å². The van der Waals surface area contributed by atoms with Crippen molar-refractivity contribution in [3.63, 3.8) is 0 Å². The van der Waals surface area contributed by atoms with Crippen LogP contribution in [-0.2, 0) is 11.8 Å². The Morgan fingerprint density at radius 1 is 1.22 bits per heavy atom. The van der Waals surface area contributed by atoms with Crippen molar-refractivity contribution < 1.29 is 4.74 Å². The molecule has 138 valence electrons. The van der Waals surface area contributed by atoms with E-state index in [4.69, 9.17) is 9.84 Å². The summed E-state index contributed by atoms with van der Waals surface area (Å²) in [6.45, 7) is 4.34. The van der Waals surface area contributed by atoms with Crippen LogP contribution in [0.4, 0.5) is 5.82 Å². The Morgan fingerprint density at radius 3 is 2.89 bits per heavy atom. The van der Waals surface area contributed by atoms with E-state index in [1.807, 2.05) is 34.6 Å². The number of aromatic amines is 1. The number of H-pyrrole nitrogens is 1. The van der Waals surface area contributed by atoms with Gasteiger partial charge >= 0.3 is 0 Å². The van der Waals surface area contributed by atoms with Gasteiger partial charge in [-0.3, -0.25) is 9.78 Å². The van der Waals surface area contributed by atoms with Crippen LogP contribution in [0.3, 0.4) is 0 Å². The van der Waals surface area contributed by atoms with E-state index in [-0.39, 0.29) is 6.04 Å². The molecule has 5 rings (SSSR count). The monoisotopic (exact) mass is 364 g/mol. The first-order chi connectivity index (χ1) is 13.2. The maximum Gasteiger partial charge on any atom is 0.163 e. The van der Waals surface area contributed by atoms with Crippen LogP contribution in [0, 0.1) is 0 Å². The summed E-state index contributed by atoms with van der Waals surface area (Å²) < 4.78 is 9.33. The van der Waals surface area contributed by atoms with E-state index in [9.17, 15) is 0 Å².